The Labute approximate surface area is 171 Å². The van der Waals surface area contributed by atoms with E-state index in [-0.39, 0.29) is 30.5 Å². The molecule has 0 radical (unpaired) electrons. The number of hydrogen-bond donors (Lipinski definition) is 3. The van der Waals surface area contributed by atoms with Gasteiger partial charge in [0.05, 0.1) is 17.2 Å². The van der Waals surface area contributed by atoms with E-state index in [0.29, 0.717) is 0 Å². The van der Waals surface area contributed by atoms with Gasteiger partial charge < -0.3 is 14.8 Å². The molecule has 0 aliphatic heterocycles. The van der Waals surface area contributed by atoms with E-state index in [0.717, 1.165) is 38.8 Å². The molecule has 30 heavy (non-hydrogen) atoms. The number of aromatic amines is 1. The van der Waals surface area contributed by atoms with Crippen LogP contribution in [0.15, 0.2) is 42.6 Å². The van der Waals surface area contributed by atoms with E-state index in [1.165, 1.54) is 12.1 Å². The Morgan fingerprint density at radius 2 is 1.97 bits per heavy atom. The number of H-pyrrole nitrogens is 1. The zero-order valence-electron chi connectivity index (χ0n) is 16.7. The molecule has 0 amide bonds. The minimum Gasteiger partial charge on any atom is -0.479 e. The van der Waals surface area contributed by atoms with Gasteiger partial charge in [-0.15, -0.1) is 0 Å². The number of benzene rings is 2. The van der Waals surface area contributed by atoms with Crippen molar-refractivity contribution < 1.29 is 19.4 Å². The molecule has 154 valence electrons. The molecule has 2 aromatic heterocycles. The molecule has 0 saturated heterocycles. The fourth-order valence-electron chi connectivity index (χ4n) is 4.77. The number of halogens is 1. The van der Waals surface area contributed by atoms with Gasteiger partial charge in [0.2, 0.25) is 0 Å². The second-order valence-electron chi connectivity index (χ2n) is 8.53. The van der Waals surface area contributed by atoms with Crippen LogP contribution in [-0.2, 0) is 4.79 Å². The van der Waals surface area contributed by atoms with Crippen LogP contribution in [0.3, 0.4) is 0 Å². The molecule has 7 heteroatoms. The van der Waals surface area contributed by atoms with Gasteiger partial charge in [0.15, 0.2) is 5.60 Å². The molecule has 5 rings (SSSR count). The van der Waals surface area contributed by atoms with Gasteiger partial charge in [-0.05, 0) is 66.6 Å². The first-order valence-corrected chi connectivity index (χ1v) is 10.0. The van der Waals surface area contributed by atoms with Crippen molar-refractivity contribution in [3.05, 3.63) is 59.7 Å². The van der Waals surface area contributed by atoms with Crippen LogP contribution in [0.4, 0.5) is 4.39 Å². The third-order valence-electron chi connectivity index (χ3n) is 6.21. The van der Waals surface area contributed by atoms with E-state index in [1.807, 2.05) is 6.07 Å². The number of aliphatic hydroxyl groups is 1. The van der Waals surface area contributed by atoms with Gasteiger partial charge in [0.1, 0.15) is 5.82 Å². The summed E-state index contributed by atoms with van der Waals surface area (Å²) in [5.74, 6) is -1.42. The van der Waals surface area contributed by atoms with Crippen LogP contribution in [0.1, 0.15) is 49.8 Å². The SMILES string of the molecule is CC(C)c1c([C@H]2C[C@](O)(C(=O)O)C2)c2cc3[nH]ncc3cc2n1-c1ccc(F)cc1. The van der Waals surface area contributed by atoms with Crippen molar-refractivity contribution in [1.29, 1.82) is 0 Å². The largest absolute Gasteiger partial charge is 0.479 e. The number of rotatable bonds is 4. The van der Waals surface area contributed by atoms with Gasteiger partial charge in [-0.25, -0.2) is 9.18 Å². The van der Waals surface area contributed by atoms with Crippen molar-refractivity contribution in [3.63, 3.8) is 0 Å². The highest BCUT2D eigenvalue weighted by molar-refractivity contribution is 5.99. The Balaban J connectivity index is 1.81. The number of carbonyl (C=O) groups is 1. The van der Waals surface area contributed by atoms with Crippen LogP contribution >= 0.6 is 0 Å². The normalized spacial score (nSPS) is 21.4. The van der Waals surface area contributed by atoms with Crippen LogP contribution < -0.4 is 0 Å². The summed E-state index contributed by atoms with van der Waals surface area (Å²) >= 11 is 0. The molecular formula is C23H22FN3O3. The Hall–Kier alpha value is -3.19. The fourth-order valence-corrected chi connectivity index (χ4v) is 4.77. The molecule has 1 aliphatic rings. The topological polar surface area (TPSA) is 91.1 Å². The molecule has 0 spiro atoms. The van der Waals surface area contributed by atoms with E-state index in [1.54, 1.807) is 18.3 Å². The van der Waals surface area contributed by atoms with Crippen molar-refractivity contribution in [2.24, 2.45) is 0 Å². The minimum atomic E-state index is -1.68. The van der Waals surface area contributed by atoms with Gasteiger partial charge in [-0.1, -0.05) is 13.8 Å². The number of fused-ring (bicyclic) bond motifs is 2. The van der Waals surface area contributed by atoms with Gasteiger partial charge in [-0.3, -0.25) is 5.10 Å². The van der Waals surface area contributed by atoms with Gasteiger partial charge in [-0.2, -0.15) is 5.10 Å². The second-order valence-corrected chi connectivity index (χ2v) is 8.53. The maximum atomic E-state index is 13.6. The van der Waals surface area contributed by atoms with Crippen LogP contribution in [0, 0.1) is 5.82 Å². The summed E-state index contributed by atoms with van der Waals surface area (Å²) in [7, 11) is 0. The molecule has 3 N–H and O–H groups in total. The number of carboxylic acids is 1. The molecule has 1 aliphatic carbocycles. The smallest absolute Gasteiger partial charge is 0.335 e. The lowest BCUT2D eigenvalue weighted by atomic mass is 9.67. The first-order chi connectivity index (χ1) is 14.3. The third-order valence-corrected chi connectivity index (χ3v) is 6.21. The average Bonchev–Trinajstić information content (AvgIpc) is 3.26. The highest BCUT2D eigenvalue weighted by Gasteiger charge is 2.51. The Bertz CT molecular complexity index is 1280. The lowest BCUT2D eigenvalue weighted by molar-refractivity contribution is -0.169. The summed E-state index contributed by atoms with van der Waals surface area (Å²) < 4.78 is 15.7. The quantitative estimate of drug-likeness (QED) is 0.466. The van der Waals surface area contributed by atoms with E-state index < -0.39 is 11.6 Å². The highest BCUT2D eigenvalue weighted by Crippen LogP contribution is 2.51. The monoisotopic (exact) mass is 407 g/mol. The molecule has 1 fully saturated rings. The summed E-state index contributed by atoms with van der Waals surface area (Å²) in [5.41, 5.74) is 3.11. The molecule has 1 saturated carbocycles. The first-order valence-electron chi connectivity index (χ1n) is 10.0. The van der Waals surface area contributed by atoms with Crippen LogP contribution in [0.25, 0.3) is 27.5 Å². The number of hydrogen-bond acceptors (Lipinski definition) is 3. The van der Waals surface area contributed by atoms with Gasteiger partial charge in [0, 0.05) is 22.2 Å². The summed E-state index contributed by atoms with van der Waals surface area (Å²) in [6, 6.07) is 10.5. The Morgan fingerprint density at radius 1 is 1.27 bits per heavy atom. The Kier molecular flexibility index (Phi) is 4.02. The third kappa shape index (κ3) is 2.65. The van der Waals surface area contributed by atoms with Crippen molar-refractivity contribution in [3.8, 4) is 5.69 Å². The summed E-state index contributed by atoms with van der Waals surface area (Å²) in [6.45, 7) is 4.18. The highest BCUT2D eigenvalue weighted by atomic mass is 19.1. The van der Waals surface area contributed by atoms with Gasteiger partial charge >= 0.3 is 5.97 Å². The number of aliphatic carboxylic acids is 1. The predicted octanol–water partition coefficient (Wildman–Crippen LogP) is 4.46. The molecule has 6 nitrogen and oxygen atoms in total. The van der Waals surface area contributed by atoms with E-state index in [4.69, 9.17) is 0 Å². The number of aromatic nitrogens is 3. The molecule has 2 heterocycles. The number of nitrogens with one attached hydrogen (secondary N) is 1. The Morgan fingerprint density at radius 3 is 2.60 bits per heavy atom. The molecule has 2 aromatic carbocycles. The fraction of sp³-hybridized carbons (Fsp3) is 0.304. The van der Waals surface area contributed by atoms with Crippen molar-refractivity contribution in [1.82, 2.24) is 14.8 Å². The predicted molar refractivity (Wildman–Crippen MR) is 112 cm³/mol. The number of nitrogens with zero attached hydrogens (tertiary/aromatic N) is 2. The van der Waals surface area contributed by atoms with Crippen molar-refractivity contribution in [2.45, 2.75) is 44.1 Å². The molecular weight excluding hydrogens is 385 g/mol. The van der Waals surface area contributed by atoms with E-state index in [9.17, 15) is 19.4 Å². The van der Waals surface area contributed by atoms with Crippen LogP contribution in [0.5, 0.6) is 0 Å². The first kappa shape index (κ1) is 18.8. The molecule has 0 bridgehead atoms. The van der Waals surface area contributed by atoms with Gasteiger partial charge in [0.25, 0.3) is 0 Å². The summed E-state index contributed by atoms with van der Waals surface area (Å²) in [5, 5.41) is 28.8. The summed E-state index contributed by atoms with van der Waals surface area (Å²) in [6.07, 6.45) is 2.11. The maximum absolute atomic E-state index is 13.6. The van der Waals surface area contributed by atoms with Crippen molar-refractivity contribution >= 4 is 27.8 Å². The number of carboxylic acid groups (broad SMARTS) is 1. The maximum Gasteiger partial charge on any atom is 0.335 e. The molecule has 0 unspecified atom stereocenters. The standard InChI is InChI=1S/C23H22FN3O3/c1-12(2)21-20(14-9-23(30,10-14)22(28)29)17-8-18-13(11-25-26-18)7-19(17)27(21)16-5-3-15(24)4-6-16/h3-8,11-12,14,30H,9-10H2,1-2H3,(H,25,26)(H,28,29)/t14-,23+. The zero-order chi connectivity index (χ0) is 21.2. The molecule has 0 atom stereocenters. The lowest BCUT2D eigenvalue weighted by Crippen LogP contribution is -2.49. The van der Waals surface area contributed by atoms with E-state index >= 15 is 0 Å². The minimum absolute atomic E-state index is 0.0759. The van der Waals surface area contributed by atoms with Crippen molar-refractivity contribution in [2.75, 3.05) is 0 Å². The second kappa shape index (κ2) is 6.40. The van der Waals surface area contributed by atoms with E-state index in [2.05, 4.69) is 34.7 Å². The summed E-state index contributed by atoms with van der Waals surface area (Å²) in [4.78, 5) is 11.5. The average molecular weight is 407 g/mol. The van der Waals surface area contributed by atoms with Crippen LogP contribution in [0.2, 0.25) is 0 Å². The van der Waals surface area contributed by atoms with Crippen LogP contribution in [-0.4, -0.2) is 36.5 Å². The zero-order valence-corrected chi connectivity index (χ0v) is 16.7. The molecule has 4 aromatic rings. The lowest BCUT2D eigenvalue weighted by Gasteiger charge is -2.41.